The highest BCUT2D eigenvalue weighted by atomic mass is 19.1. The van der Waals surface area contributed by atoms with E-state index in [1.807, 2.05) is 0 Å². The number of fused-ring (bicyclic) bond motifs is 2. The van der Waals surface area contributed by atoms with E-state index >= 15 is 0 Å². The first-order valence-electron chi connectivity index (χ1n) is 8.57. The molecule has 1 amide bonds. The molecule has 136 valence electrons. The fourth-order valence-electron chi connectivity index (χ4n) is 3.50. The predicted octanol–water partition coefficient (Wildman–Crippen LogP) is 3.47. The molecule has 1 atom stereocenters. The van der Waals surface area contributed by atoms with Crippen molar-refractivity contribution in [1.82, 2.24) is 9.97 Å². The maximum atomic E-state index is 13.5. The number of carbonyl (C=O) groups excluding carboxylic acids is 1. The van der Waals surface area contributed by atoms with E-state index in [1.54, 1.807) is 30.3 Å². The fourth-order valence-corrected chi connectivity index (χ4v) is 3.50. The second-order valence-electron chi connectivity index (χ2n) is 6.35. The Balaban J connectivity index is 1.83. The van der Waals surface area contributed by atoms with Gasteiger partial charge in [0.25, 0.3) is 5.91 Å². The Morgan fingerprint density at radius 3 is 2.39 bits per heavy atom. The van der Waals surface area contributed by atoms with Crippen molar-refractivity contribution in [1.29, 1.82) is 0 Å². The highest BCUT2D eigenvalue weighted by Gasteiger charge is 2.44. The standard InChI is InChI=1S/C21H12FN3O3/c22-13-8-6-12(7-9-13)17-16-18(26)14-4-1-2-5-15(14)28-19(16)20(27)25(17)21-23-10-3-11-24-21/h1-11,17H. The number of anilines is 1. The molecule has 0 fully saturated rings. The van der Waals surface area contributed by atoms with Crippen molar-refractivity contribution in [3.05, 3.63) is 99.9 Å². The maximum absolute atomic E-state index is 13.5. The van der Waals surface area contributed by atoms with Crippen molar-refractivity contribution in [3.63, 3.8) is 0 Å². The average Bonchev–Trinajstić information content (AvgIpc) is 3.02. The zero-order valence-electron chi connectivity index (χ0n) is 14.4. The third kappa shape index (κ3) is 2.33. The lowest BCUT2D eigenvalue weighted by atomic mass is 9.98. The lowest BCUT2D eigenvalue weighted by Gasteiger charge is -2.22. The van der Waals surface area contributed by atoms with Gasteiger partial charge in [0.2, 0.25) is 11.7 Å². The van der Waals surface area contributed by atoms with Crippen LogP contribution in [0.5, 0.6) is 0 Å². The molecule has 0 saturated carbocycles. The Bertz CT molecular complexity index is 1270. The molecule has 6 nitrogen and oxygen atoms in total. The molecule has 5 rings (SSSR count). The number of amides is 1. The quantitative estimate of drug-likeness (QED) is 0.538. The van der Waals surface area contributed by atoms with Gasteiger partial charge in [0.05, 0.1) is 17.0 Å². The number of rotatable bonds is 2. The number of para-hydroxylation sites is 1. The molecule has 4 aromatic rings. The molecule has 28 heavy (non-hydrogen) atoms. The van der Waals surface area contributed by atoms with Crippen LogP contribution in [0.2, 0.25) is 0 Å². The Kier molecular flexibility index (Phi) is 3.55. The third-order valence-corrected chi connectivity index (χ3v) is 4.73. The Morgan fingerprint density at radius 1 is 0.929 bits per heavy atom. The third-order valence-electron chi connectivity index (χ3n) is 4.73. The normalized spacial score (nSPS) is 15.8. The van der Waals surface area contributed by atoms with Gasteiger partial charge in [-0.3, -0.25) is 14.5 Å². The minimum absolute atomic E-state index is 0.0505. The van der Waals surface area contributed by atoms with Crippen LogP contribution < -0.4 is 10.3 Å². The van der Waals surface area contributed by atoms with Crippen LogP contribution in [0.15, 0.2) is 76.2 Å². The van der Waals surface area contributed by atoms with Gasteiger partial charge in [0.15, 0.2) is 5.43 Å². The van der Waals surface area contributed by atoms with Crippen LogP contribution in [0.4, 0.5) is 10.3 Å². The van der Waals surface area contributed by atoms with Gasteiger partial charge in [-0.1, -0.05) is 24.3 Å². The largest absolute Gasteiger partial charge is 0.450 e. The SMILES string of the molecule is O=C1c2oc3ccccc3c(=O)c2C(c2ccc(F)cc2)N1c1ncccn1. The van der Waals surface area contributed by atoms with E-state index in [1.165, 1.54) is 41.6 Å². The number of benzene rings is 2. The van der Waals surface area contributed by atoms with Crippen LogP contribution >= 0.6 is 0 Å². The summed E-state index contributed by atoms with van der Waals surface area (Å²) in [5.41, 5.74) is 0.775. The van der Waals surface area contributed by atoms with Gasteiger partial charge in [-0.25, -0.2) is 14.4 Å². The number of nitrogens with zero attached hydrogens (tertiary/aromatic N) is 3. The van der Waals surface area contributed by atoms with E-state index in [0.29, 0.717) is 16.5 Å². The summed E-state index contributed by atoms with van der Waals surface area (Å²) in [5.74, 6) is -0.845. The number of carbonyl (C=O) groups is 1. The highest BCUT2D eigenvalue weighted by Crippen LogP contribution is 2.39. The van der Waals surface area contributed by atoms with E-state index in [2.05, 4.69) is 9.97 Å². The molecular weight excluding hydrogens is 361 g/mol. The number of hydrogen-bond donors (Lipinski definition) is 0. The first kappa shape index (κ1) is 16.3. The summed E-state index contributed by atoms with van der Waals surface area (Å²) in [6.45, 7) is 0. The van der Waals surface area contributed by atoms with E-state index in [9.17, 15) is 14.0 Å². The lowest BCUT2D eigenvalue weighted by Crippen LogP contribution is -2.31. The Hall–Kier alpha value is -3.87. The second-order valence-corrected chi connectivity index (χ2v) is 6.35. The van der Waals surface area contributed by atoms with Gasteiger partial charge in [-0.05, 0) is 35.9 Å². The minimum atomic E-state index is -0.814. The summed E-state index contributed by atoms with van der Waals surface area (Å²) in [7, 11) is 0. The molecule has 1 aliphatic heterocycles. The van der Waals surface area contributed by atoms with Crippen molar-refractivity contribution in [3.8, 4) is 0 Å². The molecule has 2 aromatic heterocycles. The van der Waals surface area contributed by atoms with Gasteiger partial charge in [-0.15, -0.1) is 0 Å². The first-order chi connectivity index (χ1) is 13.6. The van der Waals surface area contributed by atoms with Crippen molar-refractivity contribution >= 4 is 22.8 Å². The first-order valence-corrected chi connectivity index (χ1v) is 8.57. The number of halogens is 1. The van der Waals surface area contributed by atoms with E-state index in [4.69, 9.17) is 4.42 Å². The van der Waals surface area contributed by atoms with E-state index < -0.39 is 17.8 Å². The maximum Gasteiger partial charge on any atom is 0.297 e. The molecule has 0 N–H and O–H groups in total. The van der Waals surface area contributed by atoms with Crippen LogP contribution in [-0.2, 0) is 0 Å². The van der Waals surface area contributed by atoms with Crippen molar-refractivity contribution < 1.29 is 13.6 Å². The molecule has 3 heterocycles. The van der Waals surface area contributed by atoms with Gasteiger partial charge in [0, 0.05) is 12.4 Å². The number of aromatic nitrogens is 2. The van der Waals surface area contributed by atoms with Crippen molar-refractivity contribution in [2.45, 2.75) is 6.04 Å². The molecule has 1 aliphatic rings. The van der Waals surface area contributed by atoms with E-state index in [0.717, 1.165) is 0 Å². The smallest absolute Gasteiger partial charge is 0.297 e. The summed E-state index contributed by atoms with van der Waals surface area (Å²) in [6, 6.07) is 13.2. The summed E-state index contributed by atoms with van der Waals surface area (Å²) in [6.07, 6.45) is 3.01. The summed E-state index contributed by atoms with van der Waals surface area (Å²) >= 11 is 0. The van der Waals surface area contributed by atoms with Crippen LogP contribution in [-0.4, -0.2) is 15.9 Å². The molecule has 0 aliphatic carbocycles. The zero-order chi connectivity index (χ0) is 19.3. The van der Waals surface area contributed by atoms with Gasteiger partial charge < -0.3 is 4.42 Å². The van der Waals surface area contributed by atoms with Crippen LogP contribution in [0.25, 0.3) is 11.0 Å². The molecule has 0 radical (unpaired) electrons. The van der Waals surface area contributed by atoms with Crippen molar-refractivity contribution in [2.75, 3.05) is 4.90 Å². The molecule has 0 saturated heterocycles. The average molecular weight is 373 g/mol. The van der Waals surface area contributed by atoms with Crippen LogP contribution in [0.3, 0.4) is 0 Å². The summed E-state index contributed by atoms with van der Waals surface area (Å²) in [4.78, 5) is 36.1. The predicted molar refractivity (Wildman–Crippen MR) is 99.6 cm³/mol. The van der Waals surface area contributed by atoms with Gasteiger partial charge >= 0.3 is 0 Å². The molecular formula is C21H12FN3O3. The van der Waals surface area contributed by atoms with Gasteiger partial charge in [0.1, 0.15) is 11.4 Å². The number of hydrogen-bond acceptors (Lipinski definition) is 5. The summed E-state index contributed by atoms with van der Waals surface area (Å²) < 4.78 is 19.3. The van der Waals surface area contributed by atoms with Crippen molar-refractivity contribution in [2.24, 2.45) is 0 Å². The molecule has 0 bridgehead atoms. The molecule has 7 heteroatoms. The van der Waals surface area contributed by atoms with Crippen LogP contribution in [0, 0.1) is 5.82 Å². The molecule has 2 aromatic carbocycles. The van der Waals surface area contributed by atoms with Crippen LogP contribution in [0.1, 0.15) is 27.7 Å². The van der Waals surface area contributed by atoms with Gasteiger partial charge in [-0.2, -0.15) is 0 Å². The Morgan fingerprint density at radius 2 is 1.64 bits per heavy atom. The molecule has 1 unspecified atom stereocenters. The minimum Gasteiger partial charge on any atom is -0.450 e. The topological polar surface area (TPSA) is 76.3 Å². The monoisotopic (exact) mass is 373 g/mol. The second kappa shape index (κ2) is 6.09. The zero-order valence-corrected chi connectivity index (χ0v) is 14.4. The lowest BCUT2D eigenvalue weighted by molar-refractivity contribution is 0.0969. The Labute approximate surface area is 157 Å². The fraction of sp³-hybridized carbons (Fsp3) is 0.0476. The molecule has 0 spiro atoms. The highest BCUT2D eigenvalue weighted by molar-refractivity contribution is 6.09. The van der Waals surface area contributed by atoms with E-state index in [-0.39, 0.29) is 22.7 Å². The summed E-state index contributed by atoms with van der Waals surface area (Å²) in [5, 5.41) is 0.372.